The third-order valence-electron chi connectivity index (χ3n) is 10.6. The summed E-state index contributed by atoms with van der Waals surface area (Å²) < 4.78 is 33.5. The van der Waals surface area contributed by atoms with Crippen molar-refractivity contribution in [2.24, 2.45) is 0 Å². The summed E-state index contributed by atoms with van der Waals surface area (Å²) >= 11 is 0. The van der Waals surface area contributed by atoms with E-state index < -0.39 is 45.8 Å². The Morgan fingerprint density at radius 1 is 0.500 bits per heavy atom. The van der Waals surface area contributed by atoms with E-state index in [1.807, 2.05) is 0 Å². The summed E-state index contributed by atoms with van der Waals surface area (Å²) in [4.78, 5) is 22.7. The third-order valence-corrected chi connectivity index (χ3v) is 11.5. The van der Waals surface area contributed by atoms with Gasteiger partial charge in [0.2, 0.25) is 0 Å². The van der Waals surface area contributed by atoms with Gasteiger partial charge in [0.25, 0.3) is 0 Å². The topological polar surface area (TPSA) is 132 Å². The first-order valence-corrected chi connectivity index (χ1v) is 27.1. The van der Waals surface area contributed by atoms with E-state index in [0.29, 0.717) is 6.61 Å². The summed E-state index contributed by atoms with van der Waals surface area (Å²) in [6.45, 7) is 3.32. The van der Waals surface area contributed by atoms with E-state index in [2.05, 4.69) is 98.9 Å². The van der Waals surface area contributed by atoms with Gasteiger partial charge >= 0.3 is 13.8 Å². The molecule has 0 aliphatic rings. The molecule has 0 aromatic heterocycles. The average molecular weight is 919 g/mol. The lowest BCUT2D eigenvalue weighted by molar-refractivity contribution is -0.154. The summed E-state index contributed by atoms with van der Waals surface area (Å²) in [5.41, 5.74) is 0. The lowest BCUT2D eigenvalue weighted by Crippen LogP contribution is -2.29. The smallest absolute Gasteiger partial charge is 0.457 e. The van der Waals surface area contributed by atoms with Crippen LogP contribution in [0.15, 0.2) is 85.1 Å². The highest BCUT2D eigenvalue weighted by atomic mass is 31.2. The molecule has 0 radical (unpaired) electrons. The van der Waals surface area contributed by atoms with Crippen molar-refractivity contribution in [3.8, 4) is 0 Å². The normalized spacial score (nSPS) is 14.5. The first-order chi connectivity index (χ1) is 31.3. The Morgan fingerprint density at radius 3 is 1.36 bits per heavy atom. The molecular weight excluding hydrogens is 824 g/mol. The Labute approximate surface area is 392 Å². The van der Waals surface area contributed by atoms with Gasteiger partial charge in [0.05, 0.1) is 26.4 Å². The SMILES string of the molecule is CC/C=C\C/C=C\C/C=C\C/C=C\C/C=C\C/C=C\CCCCCOCC(COP(=O)(O)OCC(O)CO)OC(=O)CCCCCCCCCCC/C=C\CCCCCCCCCC. The van der Waals surface area contributed by atoms with Crippen LogP contribution in [0.1, 0.15) is 206 Å². The summed E-state index contributed by atoms with van der Waals surface area (Å²) in [5.74, 6) is -0.398. The Kier molecular flexibility index (Phi) is 48.2. The summed E-state index contributed by atoms with van der Waals surface area (Å²) in [6, 6.07) is 0. The van der Waals surface area contributed by atoms with Crippen molar-refractivity contribution in [3.63, 3.8) is 0 Å². The van der Waals surface area contributed by atoms with Crippen LogP contribution in [0.2, 0.25) is 0 Å². The van der Waals surface area contributed by atoms with Crippen LogP contribution >= 0.6 is 7.82 Å². The highest BCUT2D eigenvalue weighted by molar-refractivity contribution is 7.47. The molecule has 0 heterocycles. The number of rotatable bonds is 48. The molecule has 0 aromatic rings. The van der Waals surface area contributed by atoms with Gasteiger partial charge in [0.15, 0.2) is 0 Å². The molecule has 64 heavy (non-hydrogen) atoms. The zero-order valence-electron chi connectivity index (χ0n) is 40.7. The maximum Gasteiger partial charge on any atom is 0.472 e. The second-order valence-corrected chi connectivity index (χ2v) is 18.3. The van der Waals surface area contributed by atoms with Crippen molar-refractivity contribution in [2.75, 3.05) is 33.0 Å². The van der Waals surface area contributed by atoms with Gasteiger partial charge in [-0.2, -0.15) is 0 Å². The fourth-order valence-corrected chi connectivity index (χ4v) is 7.50. The van der Waals surface area contributed by atoms with E-state index in [1.165, 1.54) is 96.3 Å². The van der Waals surface area contributed by atoms with E-state index >= 15 is 0 Å². The molecule has 0 spiro atoms. The van der Waals surface area contributed by atoms with Gasteiger partial charge in [-0.15, -0.1) is 0 Å². The van der Waals surface area contributed by atoms with E-state index in [0.717, 1.165) is 89.9 Å². The van der Waals surface area contributed by atoms with Gasteiger partial charge in [-0.3, -0.25) is 13.8 Å². The molecular formula is C54H95O9P. The van der Waals surface area contributed by atoms with Crippen LogP contribution in [-0.2, 0) is 27.9 Å². The molecule has 0 amide bonds. The summed E-state index contributed by atoms with van der Waals surface area (Å²) in [5, 5.41) is 18.4. The fraction of sp³-hybridized carbons (Fsp3) is 0.722. The molecule has 370 valence electrons. The Bertz CT molecular complexity index is 1270. The molecule has 3 N–H and O–H groups in total. The molecule has 0 bridgehead atoms. The minimum Gasteiger partial charge on any atom is -0.457 e. The van der Waals surface area contributed by atoms with Crippen molar-refractivity contribution in [2.45, 2.75) is 219 Å². The molecule has 3 atom stereocenters. The fourth-order valence-electron chi connectivity index (χ4n) is 6.71. The van der Waals surface area contributed by atoms with Crippen LogP contribution in [0.5, 0.6) is 0 Å². The second-order valence-electron chi connectivity index (χ2n) is 16.8. The van der Waals surface area contributed by atoms with E-state index in [1.54, 1.807) is 0 Å². The van der Waals surface area contributed by atoms with Gasteiger partial charge in [0.1, 0.15) is 12.2 Å². The highest BCUT2D eigenvalue weighted by Crippen LogP contribution is 2.43. The Hall–Kier alpha value is -2.36. The molecule has 0 aromatic carbocycles. The van der Waals surface area contributed by atoms with Gasteiger partial charge < -0.3 is 24.6 Å². The van der Waals surface area contributed by atoms with Crippen LogP contribution in [0.25, 0.3) is 0 Å². The lowest BCUT2D eigenvalue weighted by Gasteiger charge is -2.20. The number of aliphatic hydroxyl groups is 2. The van der Waals surface area contributed by atoms with Crippen LogP contribution in [-0.4, -0.2) is 66.3 Å². The largest absolute Gasteiger partial charge is 0.472 e. The number of carbonyl (C=O) groups is 1. The summed E-state index contributed by atoms with van der Waals surface area (Å²) in [7, 11) is -4.54. The molecule has 0 saturated heterocycles. The zero-order valence-corrected chi connectivity index (χ0v) is 41.6. The van der Waals surface area contributed by atoms with Crippen molar-refractivity contribution in [1.29, 1.82) is 0 Å². The molecule has 0 rings (SSSR count). The Balaban J connectivity index is 4.17. The average Bonchev–Trinajstić information content (AvgIpc) is 3.29. The van der Waals surface area contributed by atoms with E-state index in [-0.39, 0.29) is 13.0 Å². The maximum absolute atomic E-state index is 12.7. The molecule has 3 unspecified atom stereocenters. The van der Waals surface area contributed by atoms with Gasteiger partial charge in [-0.05, 0) is 89.9 Å². The molecule has 0 aliphatic carbocycles. The zero-order chi connectivity index (χ0) is 46.7. The second kappa shape index (κ2) is 50.1. The minimum atomic E-state index is -4.54. The number of aliphatic hydroxyl groups excluding tert-OH is 2. The molecule has 0 saturated carbocycles. The van der Waals surface area contributed by atoms with Crippen molar-refractivity contribution < 1.29 is 43.0 Å². The van der Waals surface area contributed by atoms with Crippen LogP contribution in [0.3, 0.4) is 0 Å². The van der Waals surface area contributed by atoms with Crippen LogP contribution in [0.4, 0.5) is 0 Å². The standard InChI is InChI=1S/C54H95O9P/c1-3-5-7-9-11-13-15-17-19-21-23-25-27-29-31-33-35-37-39-41-43-45-47-60-50-53(51-62-64(58,59)61-49-52(56)48-55)63-54(57)46-44-42-40-38-36-34-32-30-28-26-24-22-20-18-16-14-12-10-8-6-4-2/h5,7,11,13,17,19,22-25,29,31,35,37,52-53,55-56H,3-4,6,8-10,12,14-16,18,20-21,26-28,30,32-34,36,38-51H2,1-2H3,(H,58,59)/b7-5-,13-11-,19-17-,24-22-,25-23-,31-29-,37-35-. The number of hydrogen-bond acceptors (Lipinski definition) is 8. The number of phosphoric acid groups is 1. The number of hydrogen-bond donors (Lipinski definition) is 3. The minimum absolute atomic E-state index is 0.0216. The number of phosphoric ester groups is 1. The molecule has 0 fully saturated rings. The monoisotopic (exact) mass is 919 g/mol. The van der Waals surface area contributed by atoms with E-state index in [4.69, 9.17) is 23.6 Å². The predicted molar refractivity (Wildman–Crippen MR) is 269 cm³/mol. The van der Waals surface area contributed by atoms with Crippen molar-refractivity contribution in [3.05, 3.63) is 85.1 Å². The quantitative estimate of drug-likeness (QED) is 0.0236. The van der Waals surface area contributed by atoms with Gasteiger partial charge in [-0.1, -0.05) is 195 Å². The summed E-state index contributed by atoms with van der Waals surface area (Å²) in [6.07, 6.45) is 62.7. The number of esters is 1. The van der Waals surface area contributed by atoms with Crippen molar-refractivity contribution in [1.82, 2.24) is 0 Å². The van der Waals surface area contributed by atoms with Gasteiger partial charge in [-0.25, -0.2) is 4.57 Å². The maximum atomic E-state index is 12.7. The van der Waals surface area contributed by atoms with Crippen LogP contribution in [0, 0.1) is 0 Å². The number of ether oxygens (including phenoxy) is 2. The third kappa shape index (κ3) is 49.1. The van der Waals surface area contributed by atoms with Gasteiger partial charge in [0, 0.05) is 13.0 Å². The van der Waals surface area contributed by atoms with Crippen molar-refractivity contribution >= 4 is 13.8 Å². The highest BCUT2D eigenvalue weighted by Gasteiger charge is 2.26. The Morgan fingerprint density at radius 2 is 0.891 bits per heavy atom. The molecule has 10 heteroatoms. The molecule has 9 nitrogen and oxygen atoms in total. The predicted octanol–water partition coefficient (Wildman–Crippen LogP) is 15.0. The first kappa shape index (κ1) is 61.6. The van der Waals surface area contributed by atoms with Crippen LogP contribution < -0.4 is 0 Å². The van der Waals surface area contributed by atoms with E-state index in [9.17, 15) is 19.4 Å². The number of allylic oxidation sites excluding steroid dienone is 14. The lowest BCUT2D eigenvalue weighted by atomic mass is 10.1. The first-order valence-electron chi connectivity index (χ1n) is 25.6. The number of carbonyl (C=O) groups excluding carboxylic acids is 1. The number of unbranched alkanes of at least 4 members (excludes halogenated alkanes) is 20. The molecule has 0 aliphatic heterocycles.